The quantitative estimate of drug-likeness (QED) is 0.274. The Balaban J connectivity index is 1.76. The maximum atomic E-state index is 6.30. The average Bonchev–Trinajstić information content (AvgIpc) is 3.27. The van der Waals surface area contributed by atoms with Gasteiger partial charge in [-0.05, 0) is 28.1 Å². The van der Waals surface area contributed by atoms with E-state index in [1.807, 2.05) is 30.3 Å². The number of benzene rings is 4. The van der Waals surface area contributed by atoms with E-state index < -0.39 is 0 Å². The maximum Gasteiger partial charge on any atom is 0.149 e. The smallest absolute Gasteiger partial charge is 0.149 e. The molecule has 0 atom stereocenters. The fraction of sp³-hybridized carbons (Fsp3) is 0. The summed E-state index contributed by atoms with van der Waals surface area (Å²) in [5.41, 5.74) is 5.64. The molecule has 3 heteroatoms. The number of hydrogen-bond acceptors (Lipinski definition) is 2. The van der Waals surface area contributed by atoms with E-state index in [-0.39, 0.29) is 0 Å². The fourth-order valence-corrected chi connectivity index (χ4v) is 4.40. The zero-order valence-electron chi connectivity index (χ0n) is 14.2. The molecule has 0 spiro atoms. The van der Waals surface area contributed by atoms with E-state index in [4.69, 9.17) is 8.83 Å². The highest BCUT2D eigenvalue weighted by atomic mass is 79.9. The molecule has 0 aliphatic carbocycles. The number of rotatable bonds is 1. The fourth-order valence-electron chi connectivity index (χ4n) is 3.96. The molecule has 128 valence electrons. The molecule has 4 aromatic carbocycles. The zero-order chi connectivity index (χ0) is 18.0. The molecule has 2 heterocycles. The summed E-state index contributed by atoms with van der Waals surface area (Å²) in [4.78, 5) is 0. The first-order valence-corrected chi connectivity index (χ1v) is 9.61. The first-order chi connectivity index (χ1) is 13.3. The van der Waals surface area contributed by atoms with Gasteiger partial charge < -0.3 is 8.83 Å². The lowest BCUT2D eigenvalue weighted by Gasteiger charge is -2.03. The molecule has 0 saturated heterocycles. The molecule has 27 heavy (non-hydrogen) atoms. The number of furan rings is 2. The standard InChI is InChI=1S/C24H13BrO2/c25-20-12-5-11-19-18-10-4-9-17(23(18)27-24(19)20)16-8-3-7-15-14-6-1-2-13-21(14)26-22(15)16/h1-13H. The molecule has 6 rings (SSSR count). The Kier molecular flexibility index (Phi) is 3.06. The molecule has 6 aromatic rings. The minimum atomic E-state index is 0.872. The van der Waals surface area contributed by atoms with Gasteiger partial charge in [0.2, 0.25) is 0 Å². The third-order valence-corrected chi connectivity index (χ3v) is 5.80. The third-order valence-electron chi connectivity index (χ3n) is 5.17. The van der Waals surface area contributed by atoms with Gasteiger partial charge in [-0.3, -0.25) is 0 Å². The lowest BCUT2D eigenvalue weighted by atomic mass is 10.00. The van der Waals surface area contributed by atoms with Crippen LogP contribution in [0.25, 0.3) is 55.0 Å². The normalized spacial score (nSPS) is 11.9. The van der Waals surface area contributed by atoms with E-state index in [9.17, 15) is 0 Å². The molecule has 0 bridgehead atoms. The molecule has 0 aliphatic rings. The third kappa shape index (κ3) is 2.06. The van der Waals surface area contributed by atoms with E-state index in [1.165, 1.54) is 0 Å². The molecule has 0 amide bonds. The summed E-state index contributed by atoms with van der Waals surface area (Å²) in [5, 5.41) is 4.47. The van der Waals surface area contributed by atoms with Crippen molar-refractivity contribution in [2.45, 2.75) is 0 Å². The molecule has 2 nitrogen and oxygen atoms in total. The molecule has 2 aromatic heterocycles. The van der Waals surface area contributed by atoms with E-state index in [0.29, 0.717) is 0 Å². The van der Waals surface area contributed by atoms with Crippen molar-refractivity contribution < 1.29 is 8.83 Å². The molecule has 0 saturated carbocycles. The SMILES string of the molecule is Brc1cccc2c1oc1c(-c3cccc4c3oc3ccccc34)cccc12. The van der Waals surface area contributed by atoms with Gasteiger partial charge in [0.25, 0.3) is 0 Å². The van der Waals surface area contributed by atoms with Crippen LogP contribution >= 0.6 is 15.9 Å². The van der Waals surface area contributed by atoms with Gasteiger partial charge in [0.1, 0.15) is 22.3 Å². The Labute approximate surface area is 163 Å². The average molecular weight is 413 g/mol. The predicted octanol–water partition coefficient (Wildman–Crippen LogP) is 7.91. The first-order valence-electron chi connectivity index (χ1n) is 8.81. The largest absolute Gasteiger partial charge is 0.455 e. The molecular weight excluding hydrogens is 400 g/mol. The van der Waals surface area contributed by atoms with Crippen LogP contribution in [0.15, 0.2) is 92.2 Å². The number of halogens is 1. The van der Waals surface area contributed by atoms with Crippen LogP contribution in [0.1, 0.15) is 0 Å². The van der Waals surface area contributed by atoms with Crippen molar-refractivity contribution in [3.8, 4) is 11.1 Å². The summed E-state index contributed by atoms with van der Waals surface area (Å²) in [6.45, 7) is 0. The minimum absolute atomic E-state index is 0.872. The van der Waals surface area contributed by atoms with Gasteiger partial charge in [-0.2, -0.15) is 0 Å². The van der Waals surface area contributed by atoms with Crippen LogP contribution in [0.3, 0.4) is 0 Å². The molecule has 0 unspecified atom stereocenters. The summed E-state index contributed by atoms with van der Waals surface area (Å²) >= 11 is 3.61. The monoisotopic (exact) mass is 412 g/mol. The highest BCUT2D eigenvalue weighted by Crippen LogP contribution is 2.41. The molecule has 0 aliphatic heterocycles. The summed E-state index contributed by atoms with van der Waals surface area (Å²) in [6.07, 6.45) is 0. The highest BCUT2D eigenvalue weighted by Gasteiger charge is 2.17. The second kappa shape index (κ2) is 5.48. The van der Waals surface area contributed by atoms with Crippen molar-refractivity contribution in [2.75, 3.05) is 0 Å². The maximum absolute atomic E-state index is 6.30. The molecule has 0 radical (unpaired) electrons. The Morgan fingerprint density at radius 2 is 1.04 bits per heavy atom. The van der Waals surface area contributed by atoms with Crippen molar-refractivity contribution in [1.82, 2.24) is 0 Å². The van der Waals surface area contributed by atoms with Crippen LogP contribution in [-0.2, 0) is 0 Å². The summed E-state index contributed by atoms with van der Waals surface area (Å²) in [7, 11) is 0. The van der Waals surface area contributed by atoms with E-state index in [0.717, 1.165) is 59.5 Å². The van der Waals surface area contributed by atoms with Crippen LogP contribution in [0.2, 0.25) is 0 Å². The Bertz CT molecular complexity index is 1490. The number of para-hydroxylation sites is 4. The summed E-state index contributed by atoms with van der Waals surface area (Å²) in [5.74, 6) is 0. The lowest BCUT2D eigenvalue weighted by molar-refractivity contribution is 0.664. The van der Waals surface area contributed by atoms with Crippen LogP contribution in [0.5, 0.6) is 0 Å². The van der Waals surface area contributed by atoms with E-state index >= 15 is 0 Å². The van der Waals surface area contributed by atoms with Crippen LogP contribution < -0.4 is 0 Å². The van der Waals surface area contributed by atoms with Gasteiger partial charge in [0.15, 0.2) is 0 Å². The minimum Gasteiger partial charge on any atom is -0.455 e. The Hall–Kier alpha value is -3.04. The summed E-state index contributed by atoms with van der Waals surface area (Å²) < 4.78 is 13.5. The van der Waals surface area contributed by atoms with Crippen LogP contribution in [-0.4, -0.2) is 0 Å². The summed E-state index contributed by atoms with van der Waals surface area (Å²) in [6, 6.07) is 26.9. The van der Waals surface area contributed by atoms with E-state index in [2.05, 4.69) is 64.5 Å². The van der Waals surface area contributed by atoms with Crippen molar-refractivity contribution >= 4 is 59.8 Å². The highest BCUT2D eigenvalue weighted by molar-refractivity contribution is 9.10. The topological polar surface area (TPSA) is 26.3 Å². The van der Waals surface area contributed by atoms with Crippen LogP contribution in [0.4, 0.5) is 0 Å². The van der Waals surface area contributed by atoms with Gasteiger partial charge in [-0.25, -0.2) is 0 Å². The molecule has 0 fully saturated rings. The first kappa shape index (κ1) is 15.1. The lowest BCUT2D eigenvalue weighted by Crippen LogP contribution is -1.80. The second-order valence-electron chi connectivity index (χ2n) is 6.68. The van der Waals surface area contributed by atoms with Gasteiger partial charge in [0.05, 0.1) is 4.47 Å². The van der Waals surface area contributed by atoms with Gasteiger partial charge >= 0.3 is 0 Å². The predicted molar refractivity (Wildman–Crippen MR) is 114 cm³/mol. The van der Waals surface area contributed by atoms with E-state index in [1.54, 1.807) is 0 Å². The van der Waals surface area contributed by atoms with Crippen LogP contribution in [0, 0.1) is 0 Å². The van der Waals surface area contributed by atoms with Gasteiger partial charge in [-0.1, -0.05) is 66.7 Å². The second-order valence-corrected chi connectivity index (χ2v) is 7.54. The van der Waals surface area contributed by atoms with Gasteiger partial charge in [0, 0.05) is 32.7 Å². The van der Waals surface area contributed by atoms with Crippen molar-refractivity contribution in [3.05, 3.63) is 83.3 Å². The number of fused-ring (bicyclic) bond motifs is 6. The Morgan fingerprint density at radius 3 is 1.81 bits per heavy atom. The number of hydrogen-bond donors (Lipinski definition) is 0. The van der Waals surface area contributed by atoms with Crippen molar-refractivity contribution in [2.24, 2.45) is 0 Å². The molecule has 0 N–H and O–H groups in total. The van der Waals surface area contributed by atoms with Crippen molar-refractivity contribution in [1.29, 1.82) is 0 Å². The molecular formula is C24H13BrO2. The Morgan fingerprint density at radius 1 is 0.481 bits per heavy atom. The zero-order valence-corrected chi connectivity index (χ0v) is 15.8. The van der Waals surface area contributed by atoms with Gasteiger partial charge in [-0.15, -0.1) is 0 Å². The van der Waals surface area contributed by atoms with Crippen molar-refractivity contribution in [3.63, 3.8) is 0 Å².